The second-order valence-corrected chi connectivity index (χ2v) is 7.70. The molecule has 7 nitrogen and oxygen atoms in total. The number of aliphatic hydroxyl groups is 1. The lowest BCUT2D eigenvalue weighted by Gasteiger charge is -2.17. The normalized spacial score (nSPS) is 28.7. The Kier molecular flexibility index (Phi) is 4.97. The highest BCUT2D eigenvalue weighted by molar-refractivity contribution is 5.70. The van der Waals surface area contributed by atoms with E-state index in [0.717, 1.165) is 12.8 Å². The molecule has 1 aromatic carbocycles. The van der Waals surface area contributed by atoms with Crippen LogP contribution >= 0.6 is 0 Å². The summed E-state index contributed by atoms with van der Waals surface area (Å²) >= 11 is 0. The van der Waals surface area contributed by atoms with Crippen molar-refractivity contribution < 1.29 is 41.7 Å². The average Bonchev–Trinajstić information content (AvgIpc) is 3.16. The van der Waals surface area contributed by atoms with Gasteiger partial charge >= 0.3 is 6.36 Å². The van der Waals surface area contributed by atoms with Crippen LogP contribution in [0.5, 0.6) is 5.75 Å². The quantitative estimate of drug-likeness (QED) is 0.758. The second-order valence-electron chi connectivity index (χ2n) is 7.70. The number of fused-ring (bicyclic) bond motifs is 1. The first-order valence-electron chi connectivity index (χ1n) is 9.77. The number of aromatic nitrogens is 1. The summed E-state index contributed by atoms with van der Waals surface area (Å²) in [6, 6.07) is 5.81. The summed E-state index contributed by atoms with van der Waals surface area (Å²) in [7, 11) is 0. The van der Waals surface area contributed by atoms with E-state index in [0.29, 0.717) is 11.3 Å². The van der Waals surface area contributed by atoms with E-state index in [1.165, 1.54) is 18.2 Å². The van der Waals surface area contributed by atoms with Gasteiger partial charge in [-0.25, -0.2) is 0 Å². The van der Waals surface area contributed by atoms with Gasteiger partial charge in [-0.3, -0.25) is 0 Å². The number of benzene rings is 1. The summed E-state index contributed by atoms with van der Waals surface area (Å²) in [4.78, 5) is 0. The molecule has 30 heavy (non-hydrogen) atoms. The van der Waals surface area contributed by atoms with E-state index >= 15 is 0 Å². The zero-order valence-electron chi connectivity index (χ0n) is 15.8. The highest BCUT2D eigenvalue weighted by Crippen LogP contribution is 2.46. The molecule has 162 valence electrons. The van der Waals surface area contributed by atoms with Gasteiger partial charge in [0.2, 0.25) is 0 Å². The van der Waals surface area contributed by atoms with E-state index in [1.807, 2.05) is 0 Å². The molecule has 1 aromatic heterocycles. The Morgan fingerprint density at radius 3 is 2.63 bits per heavy atom. The number of hydrogen-bond acceptors (Lipinski definition) is 7. The largest absolute Gasteiger partial charge is 0.573 e. The minimum absolute atomic E-state index is 0.0712. The molecule has 0 radical (unpaired) electrons. The van der Waals surface area contributed by atoms with Crippen molar-refractivity contribution in [2.45, 2.75) is 56.1 Å². The van der Waals surface area contributed by atoms with Gasteiger partial charge in [0.25, 0.3) is 0 Å². The maximum Gasteiger partial charge on any atom is 0.573 e. The lowest BCUT2D eigenvalue weighted by atomic mass is 10.0. The first-order valence-corrected chi connectivity index (χ1v) is 9.77. The molecule has 0 unspecified atom stereocenters. The van der Waals surface area contributed by atoms with Gasteiger partial charge in [0, 0.05) is 17.0 Å². The summed E-state index contributed by atoms with van der Waals surface area (Å²) in [5.41, 5.74) is 1.04. The fourth-order valence-corrected chi connectivity index (χ4v) is 3.99. The number of alkyl halides is 3. The van der Waals surface area contributed by atoms with Gasteiger partial charge < -0.3 is 28.6 Å². The lowest BCUT2D eigenvalue weighted by Crippen LogP contribution is -2.32. The number of para-hydroxylation sites is 1. The number of aliphatic hydroxyl groups excluding tert-OH is 1. The summed E-state index contributed by atoms with van der Waals surface area (Å²) in [5, 5.41) is 13.9. The third-order valence-corrected chi connectivity index (χ3v) is 5.56. The van der Waals surface area contributed by atoms with Crippen LogP contribution in [-0.4, -0.2) is 54.3 Å². The Balaban J connectivity index is 1.42. The molecule has 2 aliphatic heterocycles. The molecule has 4 atom stereocenters. The number of nitrogens with zero attached hydrogens (tertiary/aromatic N) is 1. The predicted octanol–water partition coefficient (Wildman–Crippen LogP) is 3.16. The minimum atomic E-state index is -4.83. The number of ether oxygens (including phenoxy) is 4. The van der Waals surface area contributed by atoms with Crippen LogP contribution in [0.3, 0.4) is 0 Å². The van der Waals surface area contributed by atoms with Gasteiger partial charge in [-0.15, -0.1) is 13.2 Å². The van der Waals surface area contributed by atoms with Gasteiger partial charge in [0.15, 0.2) is 0 Å². The zero-order chi connectivity index (χ0) is 20.9. The molecule has 1 saturated carbocycles. The van der Waals surface area contributed by atoms with Crippen molar-refractivity contribution in [1.29, 1.82) is 0 Å². The van der Waals surface area contributed by atoms with Gasteiger partial charge in [0.05, 0.1) is 19.8 Å². The van der Waals surface area contributed by atoms with Crippen LogP contribution in [0.15, 0.2) is 28.8 Å². The molecule has 10 heteroatoms. The highest BCUT2D eigenvalue weighted by Gasteiger charge is 2.48. The zero-order valence-corrected chi connectivity index (χ0v) is 15.8. The Morgan fingerprint density at radius 2 is 1.87 bits per heavy atom. The van der Waals surface area contributed by atoms with Crippen molar-refractivity contribution in [1.82, 2.24) is 5.16 Å². The molecule has 2 aromatic rings. The van der Waals surface area contributed by atoms with Crippen molar-refractivity contribution in [2.75, 3.05) is 13.2 Å². The van der Waals surface area contributed by atoms with E-state index in [1.54, 1.807) is 6.07 Å². The number of rotatable bonds is 6. The third-order valence-electron chi connectivity index (χ3n) is 5.56. The second kappa shape index (κ2) is 7.52. The Labute approximate surface area is 169 Å². The molecular formula is C20H20F3NO6. The summed E-state index contributed by atoms with van der Waals surface area (Å²) in [6.45, 7) is 0.518. The summed E-state index contributed by atoms with van der Waals surface area (Å²) in [5.74, 6) is 0.445. The van der Waals surface area contributed by atoms with Crippen molar-refractivity contribution in [3.05, 3.63) is 35.6 Å². The molecule has 3 fully saturated rings. The maximum absolute atomic E-state index is 12.9. The average molecular weight is 427 g/mol. The van der Waals surface area contributed by atoms with Crippen LogP contribution in [-0.2, 0) is 20.8 Å². The molecule has 0 amide bonds. The van der Waals surface area contributed by atoms with Crippen LogP contribution in [0.2, 0.25) is 0 Å². The van der Waals surface area contributed by atoms with Crippen molar-refractivity contribution >= 4 is 0 Å². The van der Waals surface area contributed by atoms with Crippen LogP contribution in [0.4, 0.5) is 13.2 Å². The van der Waals surface area contributed by atoms with Gasteiger partial charge in [-0.2, -0.15) is 0 Å². The molecule has 2 saturated heterocycles. The molecule has 0 bridgehead atoms. The summed E-state index contributed by atoms with van der Waals surface area (Å²) < 4.78 is 65.4. The Bertz CT molecular complexity index is 912. The fourth-order valence-electron chi connectivity index (χ4n) is 3.99. The molecule has 1 aliphatic carbocycles. The monoisotopic (exact) mass is 427 g/mol. The molecule has 3 heterocycles. The number of hydrogen-bond donors (Lipinski definition) is 1. The van der Waals surface area contributed by atoms with Crippen LogP contribution < -0.4 is 4.74 Å². The standard InChI is InChI=1S/C20H20F3NO6/c21-20(22,23)29-14-4-2-1-3-11(14)16-12(17(30-24-16)10-5-6-10)7-26-15-9-28-18-13(25)8-27-19(15)18/h1-4,10,13,15,18-19,25H,5-9H2/t13-,15-,18-,19-/m1/s1. The molecule has 0 spiro atoms. The van der Waals surface area contributed by atoms with Gasteiger partial charge in [0.1, 0.15) is 41.6 Å². The molecule has 3 aliphatic rings. The fraction of sp³-hybridized carbons (Fsp3) is 0.550. The SMILES string of the molecule is O[C@@H]1CO[C@H]2[C@@H]1OC[C@H]2OCc1c(-c2ccccc2OC(F)(F)F)noc1C1CC1. The van der Waals surface area contributed by atoms with Crippen LogP contribution in [0, 0.1) is 0 Å². The van der Waals surface area contributed by atoms with E-state index in [2.05, 4.69) is 9.89 Å². The molecule has 1 N–H and O–H groups in total. The van der Waals surface area contributed by atoms with E-state index in [-0.39, 0.29) is 48.8 Å². The minimum Gasteiger partial charge on any atom is -0.405 e. The van der Waals surface area contributed by atoms with E-state index in [9.17, 15) is 18.3 Å². The van der Waals surface area contributed by atoms with Crippen molar-refractivity contribution in [3.8, 4) is 17.0 Å². The Morgan fingerprint density at radius 1 is 1.10 bits per heavy atom. The van der Waals surface area contributed by atoms with E-state index < -0.39 is 24.7 Å². The number of halogens is 3. The Hall–Kier alpha value is -2.14. The maximum atomic E-state index is 12.9. The predicted molar refractivity (Wildman–Crippen MR) is 94.7 cm³/mol. The van der Waals surface area contributed by atoms with Crippen molar-refractivity contribution in [3.63, 3.8) is 0 Å². The van der Waals surface area contributed by atoms with Gasteiger partial charge in [-0.05, 0) is 25.0 Å². The van der Waals surface area contributed by atoms with Crippen molar-refractivity contribution in [2.24, 2.45) is 0 Å². The van der Waals surface area contributed by atoms with E-state index in [4.69, 9.17) is 18.7 Å². The lowest BCUT2D eigenvalue weighted by molar-refractivity contribution is -0.274. The third kappa shape index (κ3) is 3.80. The molecule has 5 rings (SSSR count). The topological polar surface area (TPSA) is 83.2 Å². The first-order chi connectivity index (χ1) is 14.4. The van der Waals surface area contributed by atoms with Crippen LogP contribution in [0.1, 0.15) is 30.1 Å². The summed E-state index contributed by atoms with van der Waals surface area (Å²) in [6.07, 6.45) is -4.88. The highest BCUT2D eigenvalue weighted by atomic mass is 19.4. The smallest absolute Gasteiger partial charge is 0.405 e. The molecular weight excluding hydrogens is 407 g/mol. The van der Waals surface area contributed by atoms with Gasteiger partial charge in [-0.1, -0.05) is 17.3 Å². The van der Waals surface area contributed by atoms with Crippen LogP contribution in [0.25, 0.3) is 11.3 Å². The first kappa shape index (κ1) is 19.8.